The summed E-state index contributed by atoms with van der Waals surface area (Å²) in [5, 5.41) is 12.2. The van der Waals surface area contributed by atoms with Gasteiger partial charge in [0.25, 0.3) is 0 Å². The SMILES string of the molecule is CC(C)CC(CO)NC(=O)CSc1ccc2c(c1)CCC2. The third-order valence-corrected chi connectivity index (χ3v) is 4.78. The van der Waals surface area contributed by atoms with E-state index >= 15 is 0 Å². The second-order valence-electron chi connectivity index (χ2n) is 6.15. The van der Waals surface area contributed by atoms with Gasteiger partial charge in [-0.25, -0.2) is 0 Å². The number of aliphatic hydroxyl groups is 1. The van der Waals surface area contributed by atoms with E-state index in [-0.39, 0.29) is 18.6 Å². The lowest BCUT2D eigenvalue weighted by Crippen LogP contribution is -2.39. The fourth-order valence-corrected chi connectivity index (χ4v) is 3.58. The van der Waals surface area contributed by atoms with Gasteiger partial charge in [-0.2, -0.15) is 0 Å². The monoisotopic (exact) mass is 307 g/mol. The van der Waals surface area contributed by atoms with Crippen LogP contribution in [-0.4, -0.2) is 29.4 Å². The molecule has 21 heavy (non-hydrogen) atoms. The second-order valence-corrected chi connectivity index (χ2v) is 7.20. The number of aryl methyl sites for hydroxylation is 2. The number of benzene rings is 1. The number of rotatable bonds is 7. The molecule has 0 heterocycles. The zero-order chi connectivity index (χ0) is 15.2. The van der Waals surface area contributed by atoms with Crippen LogP contribution in [0.1, 0.15) is 37.8 Å². The van der Waals surface area contributed by atoms with E-state index in [4.69, 9.17) is 0 Å². The summed E-state index contributed by atoms with van der Waals surface area (Å²) in [6.07, 6.45) is 4.41. The van der Waals surface area contributed by atoms with E-state index < -0.39 is 0 Å². The summed E-state index contributed by atoms with van der Waals surface area (Å²) in [6.45, 7) is 4.19. The van der Waals surface area contributed by atoms with Gasteiger partial charge in [-0.3, -0.25) is 4.79 Å². The van der Waals surface area contributed by atoms with Gasteiger partial charge in [-0.1, -0.05) is 19.9 Å². The molecule has 0 saturated carbocycles. The summed E-state index contributed by atoms with van der Waals surface area (Å²) in [7, 11) is 0. The minimum Gasteiger partial charge on any atom is -0.394 e. The number of hydrogen-bond donors (Lipinski definition) is 2. The van der Waals surface area contributed by atoms with Gasteiger partial charge in [0.2, 0.25) is 5.91 Å². The largest absolute Gasteiger partial charge is 0.394 e. The first kappa shape index (κ1) is 16.4. The van der Waals surface area contributed by atoms with Gasteiger partial charge in [-0.15, -0.1) is 11.8 Å². The third-order valence-electron chi connectivity index (χ3n) is 3.78. The Morgan fingerprint density at radius 2 is 2.10 bits per heavy atom. The summed E-state index contributed by atoms with van der Waals surface area (Å²) < 4.78 is 0. The van der Waals surface area contributed by atoms with Crippen molar-refractivity contribution in [2.45, 2.75) is 50.5 Å². The fourth-order valence-electron chi connectivity index (χ4n) is 2.80. The van der Waals surface area contributed by atoms with Gasteiger partial charge in [0, 0.05) is 4.90 Å². The summed E-state index contributed by atoms with van der Waals surface area (Å²) in [4.78, 5) is 13.1. The van der Waals surface area contributed by atoms with Crippen molar-refractivity contribution in [3.8, 4) is 0 Å². The van der Waals surface area contributed by atoms with Crippen LogP contribution in [0.25, 0.3) is 0 Å². The maximum absolute atomic E-state index is 12.0. The summed E-state index contributed by atoms with van der Waals surface area (Å²) in [6, 6.07) is 6.40. The van der Waals surface area contributed by atoms with Gasteiger partial charge < -0.3 is 10.4 Å². The number of carbonyl (C=O) groups excluding carboxylic acids is 1. The van der Waals surface area contributed by atoms with E-state index in [0.717, 1.165) is 17.7 Å². The van der Waals surface area contributed by atoms with Crippen LogP contribution >= 0.6 is 11.8 Å². The van der Waals surface area contributed by atoms with Gasteiger partial charge in [0.15, 0.2) is 0 Å². The highest BCUT2D eigenvalue weighted by molar-refractivity contribution is 8.00. The van der Waals surface area contributed by atoms with Crippen molar-refractivity contribution in [3.05, 3.63) is 29.3 Å². The number of amides is 1. The average Bonchev–Trinajstić information content (AvgIpc) is 2.91. The standard InChI is InChI=1S/C17H25NO2S/c1-12(2)8-15(10-19)18-17(20)11-21-16-7-6-13-4-3-5-14(13)9-16/h6-7,9,12,15,19H,3-5,8,10-11H2,1-2H3,(H,18,20). The highest BCUT2D eigenvalue weighted by Crippen LogP contribution is 2.27. The minimum absolute atomic E-state index is 0.000184. The van der Waals surface area contributed by atoms with Crippen LogP contribution in [0, 0.1) is 5.92 Å². The first-order chi connectivity index (χ1) is 10.1. The van der Waals surface area contributed by atoms with Crippen LogP contribution in [-0.2, 0) is 17.6 Å². The van der Waals surface area contributed by atoms with Crippen LogP contribution in [0.15, 0.2) is 23.1 Å². The Hall–Kier alpha value is -1.00. The van der Waals surface area contributed by atoms with E-state index in [1.807, 2.05) is 0 Å². The number of carbonyl (C=O) groups is 1. The number of fused-ring (bicyclic) bond motifs is 1. The molecule has 0 fully saturated rings. The number of nitrogens with one attached hydrogen (secondary N) is 1. The lowest BCUT2D eigenvalue weighted by atomic mass is 10.0. The third kappa shape index (κ3) is 5.04. The predicted molar refractivity (Wildman–Crippen MR) is 87.7 cm³/mol. The van der Waals surface area contributed by atoms with Gasteiger partial charge in [0.05, 0.1) is 18.4 Å². The van der Waals surface area contributed by atoms with Gasteiger partial charge in [0.1, 0.15) is 0 Å². The van der Waals surface area contributed by atoms with E-state index in [2.05, 4.69) is 37.4 Å². The molecule has 3 nitrogen and oxygen atoms in total. The first-order valence-electron chi connectivity index (χ1n) is 7.73. The maximum Gasteiger partial charge on any atom is 0.230 e. The molecular weight excluding hydrogens is 282 g/mol. The molecule has 1 aromatic rings. The Morgan fingerprint density at radius 3 is 2.81 bits per heavy atom. The van der Waals surface area contributed by atoms with Crippen LogP contribution in [0.4, 0.5) is 0 Å². The maximum atomic E-state index is 12.0. The number of hydrogen-bond acceptors (Lipinski definition) is 3. The van der Waals surface area contributed by atoms with E-state index in [1.54, 1.807) is 11.8 Å². The summed E-state index contributed by atoms with van der Waals surface area (Å²) >= 11 is 1.57. The first-order valence-corrected chi connectivity index (χ1v) is 8.72. The molecule has 1 aliphatic rings. The summed E-state index contributed by atoms with van der Waals surface area (Å²) in [5.41, 5.74) is 2.90. The number of thioether (sulfide) groups is 1. The van der Waals surface area contributed by atoms with Crippen molar-refractivity contribution in [1.82, 2.24) is 5.32 Å². The normalized spacial score (nSPS) is 15.0. The van der Waals surface area contributed by atoms with Crippen LogP contribution in [0.2, 0.25) is 0 Å². The molecule has 1 aromatic carbocycles. The molecule has 0 spiro atoms. The Bertz CT molecular complexity index is 488. The molecule has 0 aromatic heterocycles. The van der Waals surface area contributed by atoms with Crippen molar-refractivity contribution in [3.63, 3.8) is 0 Å². The molecule has 1 amide bonds. The molecule has 2 N–H and O–H groups in total. The van der Waals surface area contributed by atoms with E-state index in [9.17, 15) is 9.90 Å². The smallest absolute Gasteiger partial charge is 0.230 e. The highest BCUT2D eigenvalue weighted by atomic mass is 32.2. The Kier molecular flexibility index (Phi) is 6.12. The van der Waals surface area contributed by atoms with Crippen molar-refractivity contribution < 1.29 is 9.90 Å². The van der Waals surface area contributed by atoms with Gasteiger partial charge >= 0.3 is 0 Å². The molecule has 0 saturated heterocycles. The molecule has 1 aliphatic carbocycles. The quantitative estimate of drug-likeness (QED) is 0.762. The van der Waals surface area contributed by atoms with Crippen LogP contribution in [0.3, 0.4) is 0 Å². The molecule has 1 atom stereocenters. The lowest BCUT2D eigenvalue weighted by molar-refractivity contribution is -0.119. The van der Waals surface area contributed by atoms with Crippen molar-refractivity contribution >= 4 is 17.7 Å². The summed E-state index contributed by atoms with van der Waals surface area (Å²) in [5.74, 6) is 0.875. The Balaban J connectivity index is 1.80. The Morgan fingerprint density at radius 1 is 1.33 bits per heavy atom. The Labute approximate surface area is 131 Å². The molecule has 116 valence electrons. The zero-order valence-corrected chi connectivity index (χ0v) is 13.7. The van der Waals surface area contributed by atoms with E-state index in [0.29, 0.717) is 11.7 Å². The van der Waals surface area contributed by atoms with E-state index in [1.165, 1.54) is 24.0 Å². The van der Waals surface area contributed by atoms with Gasteiger partial charge in [-0.05, 0) is 54.9 Å². The molecule has 2 rings (SSSR count). The molecule has 4 heteroatoms. The minimum atomic E-state index is -0.127. The molecule has 0 aliphatic heterocycles. The van der Waals surface area contributed by atoms with Crippen LogP contribution in [0.5, 0.6) is 0 Å². The molecular formula is C17H25NO2S. The second kappa shape index (κ2) is 7.85. The van der Waals surface area contributed by atoms with Crippen molar-refractivity contribution in [2.75, 3.05) is 12.4 Å². The molecule has 0 bridgehead atoms. The highest BCUT2D eigenvalue weighted by Gasteiger charge is 2.14. The van der Waals surface area contributed by atoms with Crippen molar-refractivity contribution in [1.29, 1.82) is 0 Å². The average molecular weight is 307 g/mol. The van der Waals surface area contributed by atoms with Crippen LogP contribution < -0.4 is 5.32 Å². The zero-order valence-electron chi connectivity index (χ0n) is 12.9. The lowest BCUT2D eigenvalue weighted by Gasteiger charge is -2.18. The number of aliphatic hydroxyl groups excluding tert-OH is 1. The fraction of sp³-hybridized carbons (Fsp3) is 0.588. The molecule has 0 radical (unpaired) electrons. The molecule has 1 unspecified atom stereocenters. The predicted octanol–water partition coefficient (Wildman–Crippen LogP) is 2.79. The topological polar surface area (TPSA) is 49.3 Å². The van der Waals surface area contributed by atoms with Crippen molar-refractivity contribution in [2.24, 2.45) is 5.92 Å².